The Morgan fingerprint density at radius 3 is 2.38 bits per heavy atom. The molecule has 0 aliphatic carbocycles. The van der Waals surface area contributed by atoms with Gasteiger partial charge in [-0.2, -0.15) is 5.26 Å². The highest BCUT2D eigenvalue weighted by Gasteiger charge is 2.48. The van der Waals surface area contributed by atoms with Gasteiger partial charge in [-0.3, -0.25) is 0 Å². The lowest BCUT2D eigenvalue weighted by atomic mass is 9.97. The fourth-order valence-electron chi connectivity index (χ4n) is 3.18. The molecule has 2 rings (SSSR count). The van der Waals surface area contributed by atoms with E-state index in [0.29, 0.717) is 18.7 Å². The number of rotatable bonds is 9. The molecule has 29 heavy (non-hydrogen) atoms. The third-order valence-corrected chi connectivity index (χ3v) is 10.3. The maximum Gasteiger partial charge on any atom is 0.259 e. The van der Waals surface area contributed by atoms with Crippen LogP contribution < -0.4 is 0 Å². The van der Waals surface area contributed by atoms with E-state index in [4.69, 9.17) is 20.9 Å². The Labute approximate surface area is 184 Å². The van der Waals surface area contributed by atoms with E-state index in [0.717, 1.165) is 5.56 Å². The van der Waals surface area contributed by atoms with Gasteiger partial charge in [0.1, 0.15) is 0 Å². The SMILES string of the molecule is [C-]#[N+]c1ccc([C@H]2SSC(C)(C)[C@@H]2OP(OCCC#N)N(C(C)C)C(C)C)cc1. The Balaban J connectivity index is 2.30. The summed E-state index contributed by atoms with van der Waals surface area (Å²) in [5.74, 6) is 0. The van der Waals surface area contributed by atoms with Gasteiger partial charge in [-0.15, -0.1) is 0 Å². The lowest BCUT2D eigenvalue weighted by Gasteiger charge is -2.39. The molecule has 0 saturated carbocycles. The second-order valence-electron chi connectivity index (χ2n) is 7.98. The molecule has 8 heteroatoms. The highest BCUT2D eigenvalue weighted by atomic mass is 33.1. The van der Waals surface area contributed by atoms with Crippen LogP contribution >= 0.6 is 30.1 Å². The summed E-state index contributed by atoms with van der Waals surface area (Å²) in [6, 6.07) is 10.5. The average molecular weight is 452 g/mol. The molecule has 1 fully saturated rings. The molecule has 0 N–H and O–H groups in total. The van der Waals surface area contributed by atoms with Crippen LogP contribution in [0.1, 0.15) is 58.8 Å². The molecule has 3 atom stereocenters. The minimum atomic E-state index is -1.30. The smallest absolute Gasteiger partial charge is 0.259 e. The Morgan fingerprint density at radius 2 is 1.86 bits per heavy atom. The van der Waals surface area contributed by atoms with Crippen molar-refractivity contribution in [2.24, 2.45) is 0 Å². The Bertz CT molecular complexity index is 736. The largest absolute Gasteiger partial charge is 0.321 e. The first-order valence-corrected chi connectivity index (χ1v) is 13.1. The van der Waals surface area contributed by atoms with Crippen LogP contribution in [0, 0.1) is 17.9 Å². The molecule has 0 amide bonds. The number of hydrogen-bond donors (Lipinski definition) is 0. The van der Waals surface area contributed by atoms with Gasteiger partial charge in [-0.05, 0) is 47.1 Å². The average Bonchev–Trinajstić information content (AvgIpc) is 2.96. The zero-order valence-electron chi connectivity index (χ0n) is 18.0. The molecule has 1 saturated heterocycles. The molecule has 1 aliphatic heterocycles. The van der Waals surface area contributed by atoms with Crippen LogP contribution in [0.2, 0.25) is 0 Å². The van der Waals surface area contributed by atoms with Gasteiger partial charge < -0.3 is 9.05 Å². The van der Waals surface area contributed by atoms with Crippen molar-refractivity contribution in [3.63, 3.8) is 0 Å². The van der Waals surface area contributed by atoms with Crippen molar-refractivity contribution in [2.45, 2.75) is 76.1 Å². The van der Waals surface area contributed by atoms with Crippen molar-refractivity contribution in [2.75, 3.05) is 6.61 Å². The predicted octanol–water partition coefficient (Wildman–Crippen LogP) is 7.11. The number of hydrogen-bond acceptors (Lipinski definition) is 6. The normalized spacial score (nSPS) is 22.0. The molecule has 1 unspecified atom stereocenters. The van der Waals surface area contributed by atoms with Crippen LogP contribution in [0.5, 0.6) is 0 Å². The van der Waals surface area contributed by atoms with Gasteiger partial charge in [0.25, 0.3) is 8.53 Å². The quantitative estimate of drug-likeness (QED) is 0.172. The van der Waals surface area contributed by atoms with Gasteiger partial charge in [0.05, 0.1) is 37.0 Å². The second kappa shape index (κ2) is 11.0. The highest BCUT2D eigenvalue weighted by Crippen LogP contribution is 2.63. The number of nitrogens with zero attached hydrogens (tertiary/aromatic N) is 3. The Morgan fingerprint density at radius 1 is 1.24 bits per heavy atom. The minimum absolute atomic E-state index is 0.0514. The van der Waals surface area contributed by atoms with Gasteiger partial charge in [0.15, 0.2) is 5.69 Å². The molecule has 0 aromatic heterocycles. The van der Waals surface area contributed by atoms with E-state index >= 15 is 0 Å². The molecule has 158 valence electrons. The third-order valence-electron chi connectivity index (χ3n) is 4.54. The fraction of sp³-hybridized carbons (Fsp3) is 0.619. The first-order valence-electron chi connectivity index (χ1n) is 9.78. The fourth-order valence-corrected chi connectivity index (χ4v) is 8.68. The summed E-state index contributed by atoms with van der Waals surface area (Å²) in [5.41, 5.74) is 1.81. The zero-order valence-corrected chi connectivity index (χ0v) is 20.5. The molecular formula is C21H30N3O2PS2. The summed E-state index contributed by atoms with van der Waals surface area (Å²) in [4.78, 5) is 3.50. The van der Waals surface area contributed by atoms with Gasteiger partial charge in [-0.25, -0.2) is 9.52 Å². The molecule has 1 aromatic carbocycles. The standard InChI is InChI=1S/C21H30N3O2PS2/c1-15(2)24(16(3)4)27(25-14-8-13-22)26-20-19(28-29-21(20,5)6)17-9-11-18(23-7)12-10-17/h9-12,15-16,19-20H,8,14H2,1-6H3/t19-,20-,27?/m1/s1. The minimum Gasteiger partial charge on any atom is -0.321 e. The van der Waals surface area contributed by atoms with E-state index in [-0.39, 0.29) is 28.2 Å². The number of nitriles is 1. The Kier molecular flexibility index (Phi) is 9.29. The topological polar surface area (TPSA) is 49.9 Å². The summed E-state index contributed by atoms with van der Waals surface area (Å²) in [5, 5.41) is 9.09. The molecule has 0 radical (unpaired) electrons. The number of benzene rings is 1. The molecular weight excluding hydrogens is 421 g/mol. The molecule has 1 heterocycles. The van der Waals surface area contributed by atoms with Gasteiger partial charge in [-0.1, -0.05) is 45.9 Å². The van der Waals surface area contributed by atoms with Gasteiger partial charge >= 0.3 is 0 Å². The third kappa shape index (κ3) is 6.34. The first kappa shape index (κ1) is 24.5. The van der Waals surface area contributed by atoms with E-state index in [1.807, 2.05) is 45.9 Å². The molecule has 0 spiro atoms. The van der Waals surface area contributed by atoms with Crippen molar-refractivity contribution in [3.8, 4) is 6.07 Å². The summed E-state index contributed by atoms with van der Waals surface area (Å²) in [7, 11) is 2.35. The van der Waals surface area contributed by atoms with Crippen LogP contribution in [0.15, 0.2) is 24.3 Å². The molecule has 1 aromatic rings. The van der Waals surface area contributed by atoms with Crippen molar-refractivity contribution >= 4 is 35.8 Å². The Hall–Kier alpha value is -0.790. The van der Waals surface area contributed by atoms with Crippen LogP contribution in [-0.4, -0.2) is 34.2 Å². The highest BCUT2D eigenvalue weighted by molar-refractivity contribution is 8.77. The van der Waals surface area contributed by atoms with E-state index in [9.17, 15) is 0 Å². The first-order chi connectivity index (χ1) is 13.7. The lowest BCUT2D eigenvalue weighted by molar-refractivity contribution is 0.114. The zero-order chi connectivity index (χ0) is 21.6. The molecule has 0 bridgehead atoms. The van der Waals surface area contributed by atoms with Gasteiger partial charge in [0, 0.05) is 16.8 Å². The summed E-state index contributed by atoms with van der Waals surface area (Å²) >= 11 is 0. The van der Waals surface area contributed by atoms with Crippen LogP contribution in [0.25, 0.3) is 4.85 Å². The summed E-state index contributed by atoms with van der Waals surface area (Å²) in [6.45, 7) is 20.6. The van der Waals surface area contributed by atoms with E-state index in [2.05, 4.69) is 57.1 Å². The summed E-state index contributed by atoms with van der Waals surface area (Å²) in [6.07, 6.45) is 0.301. The van der Waals surface area contributed by atoms with Gasteiger partial charge in [0.2, 0.25) is 0 Å². The monoisotopic (exact) mass is 451 g/mol. The maximum absolute atomic E-state index is 8.93. The lowest BCUT2D eigenvalue weighted by Crippen LogP contribution is -2.39. The van der Waals surface area contributed by atoms with E-state index in [1.54, 1.807) is 0 Å². The second-order valence-corrected chi connectivity index (χ2v) is 12.4. The van der Waals surface area contributed by atoms with Crippen molar-refractivity contribution < 1.29 is 9.05 Å². The maximum atomic E-state index is 8.93. The van der Waals surface area contributed by atoms with E-state index in [1.165, 1.54) is 0 Å². The van der Waals surface area contributed by atoms with E-state index < -0.39 is 8.53 Å². The van der Waals surface area contributed by atoms with Crippen molar-refractivity contribution in [1.82, 2.24) is 4.67 Å². The van der Waals surface area contributed by atoms with Crippen LogP contribution in [0.3, 0.4) is 0 Å². The molecule has 1 aliphatic rings. The predicted molar refractivity (Wildman–Crippen MR) is 125 cm³/mol. The van der Waals surface area contributed by atoms with Crippen molar-refractivity contribution in [3.05, 3.63) is 41.2 Å². The van der Waals surface area contributed by atoms with Crippen molar-refractivity contribution in [1.29, 1.82) is 5.26 Å². The van der Waals surface area contributed by atoms with Crippen LogP contribution in [-0.2, 0) is 9.05 Å². The summed E-state index contributed by atoms with van der Waals surface area (Å²) < 4.78 is 15.1. The molecule has 5 nitrogen and oxygen atoms in total. The van der Waals surface area contributed by atoms with Crippen LogP contribution in [0.4, 0.5) is 5.69 Å².